The van der Waals surface area contributed by atoms with Crippen molar-refractivity contribution in [3.05, 3.63) is 48.6 Å². The van der Waals surface area contributed by atoms with Gasteiger partial charge in [-0.05, 0) is 24.8 Å². The summed E-state index contributed by atoms with van der Waals surface area (Å²) >= 11 is 0. The van der Waals surface area contributed by atoms with Crippen LogP contribution in [0.3, 0.4) is 0 Å². The summed E-state index contributed by atoms with van der Waals surface area (Å²) in [5.74, 6) is 0.230. The number of rotatable bonds is 6. The first-order valence-corrected chi connectivity index (χ1v) is 5.62. The molecule has 1 rings (SSSR count). The van der Waals surface area contributed by atoms with Crippen LogP contribution in [0.5, 0.6) is 0 Å². The van der Waals surface area contributed by atoms with Gasteiger partial charge in [-0.3, -0.25) is 0 Å². The Morgan fingerprint density at radius 2 is 2.00 bits per heavy atom. The summed E-state index contributed by atoms with van der Waals surface area (Å²) in [6.45, 7) is 5.83. The van der Waals surface area contributed by atoms with E-state index in [1.165, 1.54) is 5.56 Å². The molecule has 1 nitrogen and oxygen atoms in total. The molecule has 0 saturated carbocycles. The first kappa shape index (κ1) is 12.0. The largest absolute Gasteiger partial charge is 0.393 e. The molecule has 0 aliphatic rings. The molecule has 0 heterocycles. The second kappa shape index (κ2) is 6.41. The minimum absolute atomic E-state index is 0.230. The molecule has 0 aliphatic carbocycles. The van der Waals surface area contributed by atoms with Gasteiger partial charge in [0, 0.05) is 5.92 Å². The van der Waals surface area contributed by atoms with Crippen molar-refractivity contribution in [2.45, 2.75) is 32.3 Å². The second-order valence-electron chi connectivity index (χ2n) is 3.90. The van der Waals surface area contributed by atoms with Crippen LogP contribution in [-0.2, 0) is 6.42 Å². The maximum absolute atomic E-state index is 9.90. The van der Waals surface area contributed by atoms with E-state index in [4.69, 9.17) is 0 Å². The van der Waals surface area contributed by atoms with Gasteiger partial charge in [0.25, 0.3) is 0 Å². The van der Waals surface area contributed by atoms with Gasteiger partial charge in [-0.2, -0.15) is 0 Å². The SMILES string of the molecule is C=C[C@@H](CC)[C@@H](O)CCc1ccccc1. The highest BCUT2D eigenvalue weighted by molar-refractivity contribution is 5.14. The topological polar surface area (TPSA) is 20.2 Å². The molecule has 0 amide bonds. The third-order valence-corrected chi connectivity index (χ3v) is 2.84. The van der Waals surface area contributed by atoms with Crippen LogP contribution in [0.25, 0.3) is 0 Å². The normalized spacial score (nSPS) is 14.5. The summed E-state index contributed by atoms with van der Waals surface area (Å²) < 4.78 is 0. The lowest BCUT2D eigenvalue weighted by molar-refractivity contribution is 0.119. The maximum atomic E-state index is 9.90. The summed E-state index contributed by atoms with van der Waals surface area (Å²) in [5.41, 5.74) is 1.29. The fourth-order valence-electron chi connectivity index (χ4n) is 1.77. The molecule has 2 atom stereocenters. The van der Waals surface area contributed by atoms with E-state index in [0.29, 0.717) is 0 Å². The van der Waals surface area contributed by atoms with Crippen molar-refractivity contribution in [1.82, 2.24) is 0 Å². The molecule has 1 heteroatoms. The number of hydrogen-bond acceptors (Lipinski definition) is 1. The van der Waals surface area contributed by atoms with Crippen LogP contribution in [0.4, 0.5) is 0 Å². The van der Waals surface area contributed by atoms with Gasteiger partial charge in [0.2, 0.25) is 0 Å². The average molecular weight is 204 g/mol. The molecule has 1 N–H and O–H groups in total. The van der Waals surface area contributed by atoms with Gasteiger partial charge in [-0.15, -0.1) is 6.58 Å². The average Bonchev–Trinajstić information content (AvgIpc) is 2.29. The lowest BCUT2D eigenvalue weighted by Gasteiger charge is -2.17. The molecule has 0 aromatic heterocycles. The van der Waals surface area contributed by atoms with E-state index < -0.39 is 0 Å². The van der Waals surface area contributed by atoms with Gasteiger partial charge in [-0.25, -0.2) is 0 Å². The molecule has 0 radical (unpaired) electrons. The lowest BCUT2D eigenvalue weighted by atomic mass is 9.94. The quantitative estimate of drug-likeness (QED) is 0.705. The highest BCUT2D eigenvalue weighted by atomic mass is 16.3. The molecular weight excluding hydrogens is 184 g/mol. The van der Waals surface area contributed by atoms with Crippen molar-refractivity contribution >= 4 is 0 Å². The molecule has 1 aromatic rings. The molecule has 0 aliphatic heterocycles. The number of hydrogen-bond donors (Lipinski definition) is 1. The van der Waals surface area contributed by atoms with E-state index >= 15 is 0 Å². The van der Waals surface area contributed by atoms with Crippen LogP contribution in [0.15, 0.2) is 43.0 Å². The molecule has 0 bridgehead atoms. The van der Waals surface area contributed by atoms with Crippen molar-refractivity contribution in [3.8, 4) is 0 Å². The Morgan fingerprint density at radius 3 is 2.53 bits per heavy atom. The summed E-state index contributed by atoms with van der Waals surface area (Å²) in [6, 6.07) is 10.3. The van der Waals surface area contributed by atoms with E-state index in [2.05, 4.69) is 25.6 Å². The van der Waals surface area contributed by atoms with Gasteiger partial charge in [0.1, 0.15) is 0 Å². The van der Waals surface area contributed by atoms with Crippen LogP contribution in [0.2, 0.25) is 0 Å². The highest BCUT2D eigenvalue weighted by Gasteiger charge is 2.13. The van der Waals surface area contributed by atoms with Crippen LogP contribution in [0, 0.1) is 5.92 Å². The number of aliphatic hydroxyl groups excluding tert-OH is 1. The smallest absolute Gasteiger partial charge is 0.0605 e. The van der Waals surface area contributed by atoms with E-state index in [0.717, 1.165) is 19.3 Å². The van der Waals surface area contributed by atoms with Crippen LogP contribution in [0.1, 0.15) is 25.3 Å². The Balaban J connectivity index is 2.40. The Labute approximate surface area is 92.5 Å². The van der Waals surface area contributed by atoms with Gasteiger partial charge in [-0.1, -0.05) is 43.3 Å². The van der Waals surface area contributed by atoms with Crippen molar-refractivity contribution in [1.29, 1.82) is 0 Å². The summed E-state index contributed by atoms with van der Waals surface area (Å²) in [5, 5.41) is 9.90. The first-order valence-electron chi connectivity index (χ1n) is 5.62. The first-order chi connectivity index (χ1) is 7.27. The predicted octanol–water partition coefficient (Wildman–Crippen LogP) is 3.19. The van der Waals surface area contributed by atoms with E-state index in [1.54, 1.807) is 0 Å². The maximum Gasteiger partial charge on any atom is 0.0605 e. The minimum atomic E-state index is -0.257. The zero-order valence-corrected chi connectivity index (χ0v) is 9.39. The fraction of sp³-hybridized carbons (Fsp3) is 0.429. The highest BCUT2D eigenvalue weighted by Crippen LogP contribution is 2.15. The van der Waals surface area contributed by atoms with E-state index in [-0.39, 0.29) is 12.0 Å². The van der Waals surface area contributed by atoms with Crippen LogP contribution >= 0.6 is 0 Å². The van der Waals surface area contributed by atoms with Gasteiger partial charge in [0.15, 0.2) is 0 Å². The molecule has 0 spiro atoms. The van der Waals surface area contributed by atoms with Crippen molar-refractivity contribution in [3.63, 3.8) is 0 Å². The summed E-state index contributed by atoms with van der Waals surface area (Å²) in [6.07, 6.45) is 4.31. The molecule has 1 aromatic carbocycles. The zero-order valence-electron chi connectivity index (χ0n) is 9.39. The predicted molar refractivity (Wildman–Crippen MR) is 64.7 cm³/mol. The van der Waals surface area contributed by atoms with Crippen LogP contribution in [-0.4, -0.2) is 11.2 Å². The molecule has 82 valence electrons. The Bertz CT molecular complexity index is 279. The van der Waals surface area contributed by atoms with E-state index in [1.807, 2.05) is 24.3 Å². The van der Waals surface area contributed by atoms with E-state index in [9.17, 15) is 5.11 Å². The van der Waals surface area contributed by atoms with Gasteiger partial charge < -0.3 is 5.11 Å². The fourth-order valence-corrected chi connectivity index (χ4v) is 1.77. The third kappa shape index (κ3) is 3.88. The van der Waals surface area contributed by atoms with Crippen molar-refractivity contribution in [2.75, 3.05) is 0 Å². The Morgan fingerprint density at radius 1 is 1.33 bits per heavy atom. The zero-order chi connectivity index (χ0) is 11.1. The molecular formula is C14H20O. The Hall–Kier alpha value is -1.08. The Kier molecular flexibility index (Phi) is 5.13. The van der Waals surface area contributed by atoms with Gasteiger partial charge >= 0.3 is 0 Å². The molecule has 0 unspecified atom stereocenters. The van der Waals surface area contributed by atoms with Gasteiger partial charge in [0.05, 0.1) is 6.10 Å². The van der Waals surface area contributed by atoms with Crippen LogP contribution < -0.4 is 0 Å². The minimum Gasteiger partial charge on any atom is -0.393 e. The standard InChI is InChI=1S/C14H20O/c1-3-13(4-2)14(15)11-10-12-8-6-5-7-9-12/h3,5-9,13-15H,1,4,10-11H2,2H3/t13-,14-/m0/s1. The second-order valence-corrected chi connectivity index (χ2v) is 3.90. The summed E-state index contributed by atoms with van der Waals surface area (Å²) in [4.78, 5) is 0. The summed E-state index contributed by atoms with van der Waals surface area (Å²) in [7, 11) is 0. The van der Waals surface area contributed by atoms with Crippen molar-refractivity contribution in [2.24, 2.45) is 5.92 Å². The van der Waals surface area contributed by atoms with Crippen molar-refractivity contribution < 1.29 is 5.11 Å². The monoisotopic (exact) mass is 204 g/mol. The number of aliphatic hydroxyl groups is 1. The number of aryl methyl sites for hydroxylation is 1. The number of benzene rings is 1. The molecule has 0 saturated heterocycles. The molecule has 0 fully saturated rings. The lowest BCUT2D eigenvalue weighted by Crippen LogP contribution is -2.18. The third-order valence-electron chi connectivity index (χ3n) is 2.84. The molecule has 15 heavy (non-hydrogen) atoms.